The number of hydrogen-bond acceptors (Lipinski definition) is 1. The van der Waals surface area contributed by atoms with Crippen molar-refractivity contribution in [3.63, 3.8) is 0 Å². The molecular weight excluding hydrogens is 157 g/mol. The van der Waals surface area contributed by atoms with Crippen molar-refractivity contribution in [3.8, 4) is 0 Å². The summed E-state index contributed by atoms with van der Waals surface area (Å²) >= 11 is 0. The third kappa shape index (κ3) is 3.75. The number of hydrogen-bond donors (Lipinski definition) is 0. The minimum absolute atomic E-state index is 0.0508. The van der Waals surface area contributed by atoms with Crippen molar-refractivity contribution in [2.24, 2.45) is 9.98 Å². The molecule has 1 unspecified atom stereocenters. The molecule has 1 atom stereocenters. The van der Waals surface area contributed by atoms with Gasteiger partial charge in [0.05, 0.1) is 0 Å². The summed E-state index contributed by atoms with van der Waals surface area (Å²) in [5.74, 6) is 0.0508. The third-order valence-corrected chi connectivity index (χ3v) is 1.08. The number of nitrogens with zero attached hydrogens (tertiary/aromatic N) is 2. The summed E-state index contributed by atoms with van der Waals surface area (Å²) in [5.41, 5.74) is 0. The number of halogens is 3. The number of aliphatic imine (C=N–C) groups is 2. The molecule has 0 aromatic heterocycles. The highest BCUT2D eigenvalue weighted by atomic mass is 19.4. The van der Waals surface area contributed by atoms with Crippen LogP contribution in [0.4, 0.5) is 13.2 Å². The van der Waals surface area contributed by atoms with E-state index >= 15 is 0 Å². The Bertz CT molecular complexity index is 171. The zero-order valence-electron chi connectivity index (χ0n) is 6.31. The summed E-state index contributed by atoms with van der Waals surface area (Å²) in [6.07, 6.45) is -4.29. The van der Waals surface area contributed by atoms with E-state index in [4.69, 9.17) is 0 Å². The van der Waals surface area contributed by atoms with Crippen LogP contribution in [0.15, 0.2) is 9.98 Å². The molecule has 0 radical (unpaired) electrons. The van der Waals surface area contributed by atoms with Gasteiger partial charge in [0, 0.05) is 0 Å². The van der Waals surface area contributed by atoms with Gasteiger partial charge in [-0.05, 0) is 20.6 Å². The summed E-state index contributed by atoms with van der Waals surface area (Å²) in [5, 5.41) is 0. The van der Waals surface area contributed by atoms with Crippen LogP contribution in [-0.2, 0) is 0 Å². The molecule has 0 aromatic rings. The van der Waals surface area contributed by atoms with E-state index in [0.29, 0.717) is 0 Å². The zero-order valence-corrected chi connectivity index (χ0v) is 6.31. The highest BCUT2D eigenvalue weighted by Gasteiger charge is 2.35. The van der Waals surface area contributed by atoms with Crippen LogP contribution in [0, 0.1) is 0 Å². The fraction of sp³-hybridized carbons (Fsp3) is 0.667. The van der Waals surface area contributed by atoms with Crippen LogP contribution >= 0.6 is 0 Å². The topological polar surface area (TPSA) is 24.7 Å². The van der Waals surface area contributed by atoms with Crippen molar-refractivity contribution in [2.75, 3.05) is 0 Å². The molecule has 11 heavy (non-hydrogen) atoms. The average Bonchev–Trinajstić information content (AvgIpc) is 1.85. The fourth-order valence-electron chi connectivity index (χ4n) is 0.394. The second kappa shape index (κ2) is 3.50. The molecule has 0 spiro atoms. The highest BCUT2D eigenvalue weighted by molar-refractivity contribution is 5.83. The van der Waals surface area contributed by atoms with E-state index in [1.54, 1.807) is 0 Å². The van der Waals surface area contributed by atoms with Crippen LogP contribution in [0.2, 0.25) is 0 Å². The van der Waals surface area contributed by atoms with Gasteiger partial charge in [-0.15, -0.1) is 0 Å². The summed E-state index contributed by atoms with van der Waals surface area (Å²) < 4.78 is 35.3. The Morgan fingerprint density at radius 2 is 1.91 bits per heavy atom. The molecule has 0 fully saturated rings. The molecular formula is C6H9F3N2. The van der Waals surface area contributed by atoms with Crippen LogP contribution in [0.25, 0.3) is 0 Å². The molecule has 0 saturated heterocycles. The maximum Gasteiger partial charge on any atom is 0.410 e. The minimum atomic E-state index is -4.29. The first-order valence-electron chi connectivity index (χ1n) is 2.95. The Labute approximate surface area is 62.9 Å². The molecule has 2 nitrogen and oxygen atoms in total. The van der Waals surface area contributed by atoms with E-state index in [9.17, 15) is 13.2 Å². The Morgan fingerprint density at radius 1 is 1.45 bits per heavy atom. The Kier molecular flexibility index (Phi) is 3.22. The van der Waals surface area contributed by atoms with E-state index in [0.717, 1.165) is 6.92 Å². The first kappa shape index (κ1) is 10.1. The summed E-state index contributed by atoms with van der Waals surface area (Å²) in [7, 11) is 0. The van der Waals surface area contributed by atoms with Gasteiger partial charge in [-0.25, -0.2) is 4.99 Å². The fourth-order valence-corrected chi connectivity index (χ4v) is 0.394. The Morgan fingerprint density at radius 3 is 2.18 bits per heavy atom. The predicted octanol–water partition coefficient (Wildman–Crippen LogP) is 2.06. The van der Waals surface area contributed by atoms with Crippen LogP contribution in [0.3, 0.4) is 0 Å². The molecule has 0 bridgehead atoms. The highest BCUT2D eigenvalue weighted by Crippen LogP contribution is 2.22. The maximum atomic E-state index is 11.8. The average molecular weight is 166 g/mol. The Hall–Kier alpha value is -0.870. The van der Waals surface area contributed by atoms with Gasteiger partial charge in [-0.2, -0.15) is 13.2 Å². The Balaban J connectivity index is 4.28. The van der Waals surface area contributed by atoms with Gasteiger partial charge in [0.2, 0.25) is 0 Å². The number of rotatable bonds is 1. The summed E-state index contributed by atoms with van der Waals surface area (Å²) in [4.78, 5) is 6.47. The first-order valence-corrected chi connectivity index (χ1v) is 2.95. The van der Waals surface area contributed by atoms with Gasteiger partial charge in [0.25, 0.3) is 0 Å². The van der Waals surface area contributed by atoms with Crippen molar-refractivity contribution in [1.82, 2.24) is 0 Å². The van der Waals surface area contributed by atoms with Gasteiger partial charge >= 0.3 is 6.18 Å². The first-order chi connectivity index (χ1) is 4.88. The van der Waals surface area contributed by atoms with E-state index in [1.807, 2.05) is 0 Å². The van der Waals surface area contributed by atoms with E-state index in [-0.39, 0.29) is 5.84 Å². The monoisotopic (exact) mass is 166 g/mol. The van der Waals surface area contributed by atoms with Crippen molar-refractivity contribution < 1.29 is 13.2 Å². The van der Waals surface area contributed by atoms with E-state index < -0.39 is 12.2 Å². The molecule has 64 valence electrons. The lowest BCUT2D eigenvalue weighted by atomic mass is 10.3. The molecule has 0 aromatic carbocycles. The van der Waals surface area contributed by atoms with Crippen molar-refractivity contribution in [1.29, 1.82) is 0 Å². The lowest BCUT2D eigenvalue weighted by molar-refractivity contribution is -0.142. The van der Waals surface area contributed by atoms with E-state index in [2.05, 4.69) is 16.7 Å². The molecule has 0 aliphatic heterocycles. The van der Waals surface area contributed by atoms with Gasteiger partial charge in [-0.3, -0.25) is 4.99 Å². The second-order valence-electron chi connectivity index (χ2n) is 2.05. The summed E-state index contributed by atoms with van der Waals surface area (Å²) in [6, 6.07) is -1.70. The standard InChI is InChI=1S/C6H9F3N2/c1-4(6(7,8)9)11-5(2)10-3/h4H,3H2,1-2H3. The lowest BCUT2D eigenvalue weighted by Gasteiger charge is -2.10. The lowest BCUT2D eigenvalue weighted by Crippen LogP contribution is -2.24. The van der Waals surface area contributed by atoms with Crippen LogP contribution in [0.5, 0.6) is 0 Å². The molecule has 5 heteroatoms. The molecule has 0 aliphatic rings. The van der Waals surface area contributed by atoms with Crippen LogP contribution < -0.4 is 0 Å². The van der Waals surface area contributed by atoms with Crippen molar-refractivity contribution >= 4 is 12.6 Å². The van der Waals surface area contributed by atoms with Gasteiger partial charge in [0.1, 0.15) is 11.9 Å². The molecule has 0 rings (SSSR count). The molecule has 0 N–H and O–H groups in total. The van der Waals surface area contributed by atoms with Gasteiger partial charge in [0.15, 0.2) is 0 Å². The molecule has 0 saturated carbocycles. The predicted molar refractivity (Wildman–Crippen MR) is 38.2 cm³/mol. The molecule has 0 heterocycles. The largest absolute Gasteiger partial charge is 0.410 e. The zero-order chi connectivity index (χ0) is 9.07. The smallest absolute Gasteiger partial charge is 0.258 e. The summed E-state index contributed by atoms with van der Waals surface area (Å²) in [6.45, 7) is 5.38. The van der Waals surface area contributed by atoms with Gasteiger partial charge in [-0.1, -0.05) is 0 Å². The third-order valence-electron chi connectivity index (χ3n) is 1.08. The second-order valence-corrected chi connectivity index (χ2v) is 2.05. The number of alkyl halides is 3. The normalized spacial score (nSPS) is 16.3. The molecule has 0 amide bonds. The quantitative estimate of drug-likeness (QED) is 0.420. The SMILES string of the molecule is C=NC(C)=NC(C)C(F)(F)F. The van der Waals surface area contributed by atoms with Crippen molar-refractivity contribution in [3.05, 3.63) is 0 Å². The molecule has 0 aliphatic carbocycles. The van der Waals surface area contributed by atoms with Crippen LogP contribution in [-0.4, -0.2) is 24.8 Å². The van der Waals surface area contributed by atoms with E-state index in [1.165, 1.54) is 6.92 Å². The van der Waals surface area contributed by atoms with Crippen molar-refractivity contribution in [2.45, 2.75) is 26.1 Å². The van der Waals surface area contributed by atoms with Crippen LogP contribution in [0.1, 0.15) is 13.8 Å². The van der Waals surface area contributed by atoms with Gasteiger partial charge < -0.3 is 0 Å². The minimum Gasteiger partial charge on any atom is -0.258 e. The number of amidine groups is 1. The maximum absolute atomic E-state index is 11.8.